The predicted octanol–water partition coefficient (Wildman–Crippen LogP) is 18.9. The van der Waals surface area contributed by atoms with E-state index < -0.39 is 28.4 Å². The summed E-state index contributed by atoms with van der Waals surface area (Å²) in [5, 5.41) is 0. The summed E-state index contributed by atoms with van der Waals surface area (Å²) in [5.74, 6) is 4.73. The highest BCUT2D eigenvalue weighted by atomic mass is 16.5. The zero-order valence-electron chi connectivity index (χ0n) is 50.3. The van der Waals surface area contributed by atoms with Gasteiger partial charge in [-0.05, 0) is 240 Å². The average molecular weight is 1130 g/mol. The van der Waals surface area contributed by atoms with Crippen LogP contribution in [0.3, 0.4) is 0 Å². The van der Waals surface area contributed by atoms with Crippen molar-refractivity contribution in [2.45, 2.75) is 126 Å². The van der Waals surface area contributed by atoms with E-state index in [2.05, 4.69) is 45.9 Å². The molecule has 0 heterocycles. The summed E-state index contributed by atoms with van der Waals surface area (Å²) < 4.78 is 42.5. The number of hydrogen-bond donors (Lipinski definition) is 0. The maximum Gasteiger partial charge on any atom is 0.343 e. The van der Waals surface area contributed by atoms with Crippen LogP contribution >= 0.6 is 0 Å². The minimum absolute atomic E-state index is 0.0575. The van der Waals surface area contributed by atoms with E-state index in [4.69, 9.17) is 33.2 Å². The molecule has 0 saturated carbocycles. The van der Waals surface area contributed by atoms with Crippen LogP contribution in [-0.4, -0.2) is 35.2 Å². The molecule has 0 aliphatic heterocycles. The third-order valence-corrected chi connectivity index (χ3v) is 16.4. The highest BCUT2D eigenvalue weighted by molar-refractivity contribution is 6.01. The molecule has 11 heteroatoms. The number of carbonyl (C=O) groups excluding carboxylic acids is 4. The molecule has 0 amide bonds. The van der Waals surface area contributed by atoms with Crippen LogP contribution in [0.25, 0.3) is 0 Å². The quantitative estimate of drug-likeness (QED) is 0.0308. The molecule has 0 aliphatic rings. The Kier molecular flexibility index (Phi) is 19.3. The Labute approximate surface area is 494 Å². The normalized spacial score (nSPS) is 13.5. The number of Topliss-reactive ketones (excluding diaryl/α,β-unsaturated/α-hetero) is 2. The zero-order chi connectivity index (χ0) is 60.3. The summed E-state index contributed by atoms with van der Waals surface area (Å²) >= 11 is 0. The fourth-order valence-corrected chi connectivity index (χ4v) is 9.65. The van der Waals surface area contributed by atoms with Crippen molar-refractivity contribution in [2.75, 3.05) is 0 Å². The summed E-state index contributed by atoms with van der Waals surface area (Å²) in [7, 11) is 0. The van der Waals surface area contributed by atoms with Gasteiger partial charge < -0.3 is 33.2 Å². The van der Waals surface area contributed by atoms with Crippen molar-refractivity contribution in [3.8, 4) is 57.5 Å². The van der Waals surface area contributed by atoms with E-state index in [9.17, 15) is 19.2 Å². The van der Waals surface area contributed by atoms with Gasteiger partial charge in [-0.2, -0.15) is 0 Å². The van der Waals surface area contributed by atoms with Crippen LogP contribution in [-0.2, 0) is 0 Å². The van der Waals surface area contributed by atoms with Gasteiger partial charge in [-0.25, -0.2) is 9.59 Å². The van der Waals surface area contributed by atoms with Gasteiger partial charge >= 0.3 is 11.9 Å². The first-order chi connectivity index (χ1) is 40.1. The van der Waals surface area contributed by atoms with Gasteiger partial charge in [0.05, 0.1) is 22.6 Å². The molecule has 0 aliphatic carbocycles. The van der Waals surface area contributed by atoms with Gasteiger partial charge in [0.2, 0.25) is 0 Å². The molecule has 8 aromatic rings. The maximum absolute atomic E-state index is 14.5. The van der Waals surface area contributed by atoms with Crippen LogP contribution in [0.5, 0.6) is 57.5 Å². The van der Waals surface area contributed by atoms with Crippen LogP contribution in [0, 0.1) is 24.7 Å². The van der Waals surface area contributed by atoms with E-state index in [0.717, 1.165) is 35.3 Å². The molecule has 434 valence electrons. The van der Waals surface area contributed by atoms with Gasteiger partial charge in [0.1, 0.15) is 63.1 Å². The van der Waals surface area contributed by atoms with Gasteiger partial charge in [0.15, 0.2) is 11.6 Å². The molecule has 8 aromatic carbocycles. The zero-order valence-corrected chi connectivity index (χ0v) is 50.3. The summed E-state index contributed by atoms with van der Waals surface area (Å²) in [6.07, 6.45) is 2.91. The second-order valence-electron chi connectivity index (χ2n) is 22.5. The number of esters is 2. The van der Waals surface area contributed by atoms with Crippen molar-refractivity contribution in [3.05, 3.63) is 226 Å². The number of aryl methyl sites for hydroxylation is 2. The number of ketones is 2. The Morgan fingerprint density at radius 2 is 0.774 bits per heavy atom. The lowest BCUT2D eigenvalue weighted by atomic mass is 9.66. The van der Waals surface area contributed by atoms with E-state index in [0.29, 0.717) is 86.8 Å². The van der Waals surface area contributed by atoms with Crippen molar-refractivity contribution in [1.29, 1.82) is 0 Å². The van der Waals surface area contributed by atoms with Gasteiger partial charge in [-0.1, -0.05) is 72.7 Å². The standard InChI is InChI=1S/C73H76O11/c1-13-49(7)78-65-43-25-55(45-47(65)5)50(8)56-26-44-66(48(6)46-56)83-70(77)54-23-33-60(34-24-54)80-58-29-19-52(20-30-58)68(75)72(11,15-3)73(12,16-4)84-64-41-39-62(40-42-64)81-61-35-37-63(38-36-61)82-69(76)53-21-31-59(32-22-53)79-57-27-17-51(18-28-57)67(74)71(9,10)14-2/h17-46,49-50H,13-16H2,1-12H3. The lowest BCUT2D eigenvalue weighted by Crippen LogP contribution is -2.52. The SMILES string of the molecule is CCC(C)Oc1ccc(C(C)c2ccc(OC(=O)c3ccc(Oc4ccc(C(=O)C(C)(CC)C(C)(CC)Oc5ccc(Oc6ccc(OC(=O)c7ccc(Oc8ccc(C(=O)C(C)(C)CC)cc8)cc7)cc6)cc5)cc4)cc3)c(C)c2)cc1C. The first kappa shape index (κ1) is 61.1. The molecule has 0 fully saturated rings. The predicted molar refractivity (Wildman–Crippen MR) is 330 cm³/mol. The van der Waals surface area contributed by atoms with Crippen LogP contribution in [0.15, 0.2) is 182 Å². The number of rotatable bonds is 25. The minimum Gasteiger partial charge on any atom is -0.490 e. The topological polar surface area (TPSA) is 133 Å². The van der Waals surface area contributed by atoms with Crippen LogP contribution < -0.4 is 33.2 Å². The largest absolute Gasteiger partial charge is 0.490 e. The Balaban J connectivity index is 0.807. The highest BCUT2D eigenvalue weighted by Crippen LogP contribution is 2.44. The first-order valence-electron chi connectivity index (χ1n) is 28.9. The number of benzene rings is 8. The van der Waals surface area contributed by atoms with Crippen molar-refractivity contribution >= 4 is 23.5 Å². The number of hydrogen-bond acceptors (Lipinski definition) is 11. The number of ether oxygens (including phenoxy) is 7. The lowest BCUT2D eigenvalue weighted by Gasteiger charge is -2.44. The fraction of sp³-hybridized carbons (Fsp3) is 0.288. The third-order valence-electron chi connectivity index (χ3n) is 16.4. The summed E-state index contributed by atoms with van der Waals surface area (Å²) in [6, 6.07) is 53.7. The van der Waals surface area contributed by atoms with Crippen molar-refractivity contribution in [1.82, 2.24) is 0 Å². The van der Waals surface area contributed by atoms with Gasteiger partial charge in [-0.3, -0.25) is 9.59 Å². The molecule has 0 radical (unpaired) electrons. The summed E-state index contributed by atoms with van der Waals surface area (Å²) in [5.41, 5.74) is 3.90. The third kappa shape index (κ3) is 14.4. The van der Waals surface area contributed by atoms with Crippen molar-refractivity contribution in [3.63, 3.8) is 0 Å². The molecule has 0 N–H and O–H groups in total. The molecule has 0 bridgehead atoms. The second kappa shape index (κ2) is 26.5. The van der Waals surface area contributed by atoms with Gasteiger partial charge in [0.25, 0.3) is 0 Å². The molecule has 84 heavy (non-hydrogen) atoms. The van der Waals surface area contributed by atoms with E-state index in [-0.39, 0.29) is 23.6 Å². The molecule has 11 nitrogen and oxygen atoms in total. The highest BCUT2D eigenvalue weighted by Gasteiger charge is 2.50. The Morgan fingerprint density at radius 1 is 0.405 bits per heavy atom. The van der Waals surface area contributed by atoms with E-state index >= 15 is 0 Å². The Morgan fingerprint density at radius 3 is 1.17 bits per heavy atom. The molecule has 4 atom stereocenters. The monoisotopic (exact) mass is 1130 g/mol. The molecule has 0 saturated heterocycles. The van der Waals surface area contributed by atoms with Crippen molar-refractivity contribution in [2.24, 2.45) is 10.8 Å². The number of carbonyl (C=O) groups is 4. The molecule has 8 rings (SSSR count). The Bertz CT molecular complexity index is 3570. The minimum atomic E-state index is -0.913. The molecular weight excluding hydrogens is 1050 g/mol. The van der Waals surface area contributed by atoms with Crippen molar-refractivity contribution < 1.29 is 52.3 Å². The average Bonchev–Trinajstić information content (AvgIpc) is 2.71. The van der Waals surface area contributed by atoms with Crippen LogP contribution in [0.1, 0.15) is 165 Å². The van der Waals surface area contributed by atoms with Gasteiger partial charge in [0, 0.05) is 22.5 Å². The lowest BCUT2D eigenvalue weighted by molar-refractivity contribution is -0.0275. The molecular formula is C73H76O11. The molecule has 0 spiro atoms. The Hall–Kier alpha value is -8.96. The molecule has 4 unspecified atom stereocenters. The van der Waals surface area contributed by atoms with E-state index in [1.807, 2.05) is 85.7 Å². The molecule has 0 aromatic heterocycles. The summed E-state index contributed by atoms with van der Waals surface area (Å²) in [6.45, 7) is 24.2. The van der Waals surface area contributed by atoms with E-state index in [1.54, 1.807) is 133 Å². The summed E-state index contributed by atoms with van der Waals surface area (Å²) in [4.78, 5) is 53.6. The van der Waals surface area contributed by atoms with E-state index in [1.165, 1.54) is 5.56 Å². The van der Waals surface area contributed by atoms with Crippen LogP contribution in [0.4, 0.5) is 0 Å². The first-order valence-corrected chi connectivity index (χ1v) is 28.9. The van der Waals surface area contributed by atoms with Gasteiger partial charge in [-0.15, -0.1) is 0 Å². The van der Waals surface area contributed by atoms with Crippen LogP contribution in [0.2, 0.25) is 0 Å². The fourth-order valence-electron chi connectivity index (χ4n) is 9.65. The smallest absolute Gasteiger partial charge is 0.343 e. The second-order valence-corrected chi connectivity index (χ2v) is 22.5. The maximum atomic E-state index is 14.5.